The molecule has 0 radical (unpaired) electrons. The highest BCUT2D eigenvalue weighted by atomic mass is 19.1. The van der Waals surface area contributed by atoms with E-state index in [2.05, 4.69) is 4.98 Å². The van der Waals surface area contributed by atoms with Crippen LogP contribution in [0.2, 0.25) is 0 Å². The SMILES string of the molecule is Nc1ccn([C@@H]2CO[C@@H]3COC(c4ccccc4)O[C@H]3[C@H]2F)c(=O)n1. The lowest BCUT2D eigenvalue weighted by molar-refractivity contribution is -0.298. The van der Waals surface area contributed by atoms with Crippen LogP contribution in [-0.2, 0) is 14.2 Å². The van der Waals surface area contributed by atoms with Crippen LogP contribution >= 0.6 is 0 Å². The van der Waals surface area contributed by atoms with Crippen molar-refractivity contribution in [2.75, 3.05) is 18.9 Å². The fourth-order valence-corrected chi connectivity index (χ4v) is 3.20. The smallest absolute Gasteiger partial charge is 0.349 e. The molecule has 2 aromatic rings. The normalized spacial score (nSPS) is 32.1. The largest absolute Gasteiger partial charge is 0.383 e. The molecule has 7 nitrogen and oxygen atoms in total. The summed E-state index contributed by atoms with van der Waals surface area (Å²) >= 11 is 0. The third kappa shape index (κ3) is 3.04. The standard InChI is InChI=1S/C17H18FN3O4/c18-14-11(21-7-6-13(19)20-17(21)22)8-23-12-9-24-16(25-15(12)14)10-4-2-1-3-5-10/h1-7,11-12,14-16H,8-9H2,(H2,19,20,22)/t11-,12-,14+,15-,16?/m1/s1. The van der Waals surface area contributed by atoms with Crippen LogP contribution in [0.15, 0.2) is 47.4 Å². The first kappa shape index (κ1) is 16.2. The van der Waals surface area contributed by atoms with Gasteiger partial charge in [-0.1, -0.05) is 30.3 Å². The summed E-state index contributed by atoms with van der Waals surface area (Å²) in [6, 6.07) is 9.95. The van der Waals surface area contributed by atoms with Gasteiger partial charge in [-0.3, -0.25) is 4.57 Å². The molecule has 2 aliphatic rings. The molecule has 2 saturated heterocycles. The van der Waals surface area contributed by atoms with E-state index in [1.807, 2.05) is 30.3 Å². The van der Waals surface area contributed by atoms with E-state index in [1.165, 1.54) is 16.8 Å². The molecule has 0 bridgehead atoms. The monoisotopic (exact) mass is 347 g/mol. The molecular formula is C17H18FN3O4. The predicted molar refractivity (Wildman–Crippen MR) is 86.6 cm³/mol. The number of rotatable bonds is 2. The van der Waals surface area contributed by atoms with Crippen LogP contribution < -0.4 is 11.4 Å². The molecule has 0 amide bonds. The minimum Gasteiger partial charge on any atom is -0.383 e. The molecule has 1 aromatic carbocycles. The second-order valence-corrected chi connectivity index (χ2v) is 6.10. The van der Waals surface area contributed by atoms with Crippen LogP contribution in [0.1, 0.15) is 17.9 Å². The molecule has 2 aliphatic heterocycles. The zero-order valence-corrected chi connectivity index (χ0v) is 13.3. The lowest BCUT2D eigenvalue weighted by Crippen LogP contribution is -2.56. The first-order chi connectivity index (χ1) is 12.1. The Morgan fingerprint density at radius 3 is 2.72 bits per heavy atom. The van der Waals surface area contributed by atoms with Gasteiger partial charge in [0.15, 0.2) is 12.5 Å². The van der Waals surface area contributed by atoms with Crippen LogP contribution in [0, 0.1) is 0 Å². The second kappa shape index (κ2) is 6.55. The van der Waals surface area contributed by atoms with Crippen LogP contribution in [0.25, 0.3) is 0 Å². The molecule has 3 heterocycles. The maximum Gasteiger partial charge on any atom is 0.349 e. The second-order valence-electron chi connectivity index (χ2n) is 6.10. The van der Waals surface area contributed by atoms with Crippen molar-refractivity contribution in [1.82, 2.24) is 9.55 Å². The Morgan fingerprint density at radius 1 is 1.16 bits per heavy atom. The summed E-state index contributed by atoms with van der Waals surface area (Å²) in [4.78, 5) is 15.7. The van der Waals surface area contributed by atoms with Crippen molar-refractivity contribution in [3.8, 4) is 0 Å². The summed E-state index contributed by atoms with van der Waals surface area (Å²) in [7, 11) is 0. The first-order valence-electron chi connectivity index (χ1n) is 8.06. The number of alkyl halides is 1. The van der Waals surface area contributed by atoms with E-state index in [0.29, 0.717) is 0 Å². The topological polar surface area (TPSA) is 88.6 Å². The Bertz CT molecular complexity index is 800. The van der Waals surface area contributed by atoms with Gasteiger partial charge in [0.1, 0.15) is 18.0 Å². The Kier molecular flexibility index (Phi) is 4.24. The maximum atomic E-state index is 15.2. The van der Waals surface area contributed by atoms with E-state index in [-0.39, 0.29) is 19.0 Å². The average Bonchev–Trinajstić information content (AvgIpc) is 2.63. The van der Waals surface area contributed by atoms with Crippen molar-refractivity contribution in [3.63, 3.8) is 0 Å². The quantitative estimate of drug-likeness (QED) is 0.879. The van der Waals surface area contributed by atoms with Gasteiger partial charge in [0, 0.05) is 11.8 Å². The number of hydrogen-bond donors (Lipinski definition) is 1. The molecule has 0 spiro atoms. The van der Waals surface area contributed by atoms with Crippen molar-refractivity contribution < 1.29 is 18.6 Å². The van der Waals surface area contributed by atoms with Gasteiger partial charge >= 0.3 is 5.69 Å². The van der Waals surface area contributed by atoms with Crippen LogP contribution in [0.3, 0.4) is 0 Å². The molecule has 0 saturated carbocycles. The fourth-order valence-electron chi connectivity index (χ4n) is 3.20. The average molecular weight is 347 g/mol. The molecule has 132 valence electrons. The maximum absolute atomic E-state index is 15.2. The van der Waals surface area contributed by atoms with Gasteiger partial charge in [0.05, 0.1) is 19.3 Å². The number of anilines is 1. The van der Waals surface area contributed by atoms with E-state index in [9.17, 15) is 4.79 Å². The summed E-state index contributed by atoms with van der Waals surface area (Å²) < 4.78 is 33.5. The Morgan fingerprint density at radius 2 is 1.96 bits per heavy atom. The number of benzene rings is 1. The van der Waals surface area contributed by atoms with Crippen LogP contribution in [-0.4, -0.2) is 41.1 Å². The lowest BCUT2D eigenvalue weighted by Gasteiger charge is -2.44. The number of nitrogens with zero attached hydrogens (tertiary/aromatic N) is 2. The van der Waals surface area contributed by atoms with Crippen molar-refractivity contribution in [2.24, 2.45) is 0 Å². The van der Waals surface area contributed by atoms with Gasteiger partial charge in [-0.25, -0.2) is 9.18 Å². The first-order valence-corrected chi connectivity index (χ1v) is 8.06. The van der Waals surface area contributed by atoms with E-state index in [0.717, 1.165) is 5.56 Å². The molecular weight excluding hydrogens is 329 g/mol. The summed E-state index contributed by atoms with van der Waals surface area (Å²) in [6.07, 6.45) is -2.01. The minimum atomic E-state index is -1.43. The number of nitrogen functional groups attached to an aromatic ring is 1. The van der Waals surface area contributed by atoms with Crippen molar-refractivity contribution in [2.45, 2.75) is 30.7 Å². The number of nitrogens with two attached hydrogens (primary N) is 1. The molecule has 1 unspecified atom stereocenters. The molecule has 4 rings (SSSR count). The number of halogens is 1. The molecule has 25 heavy (non-hydrogen) atoms. The zero-order valence-electron chi connectivity index (χ0n) is 13.3. The summed E-state index contributed by atoms with van der Waals surface area (Å²) in [6.45, 7) is 0.267. The molecule has 8 heteroatoms. The van der Waals surface area contributed by atoms with E-state index in [1.54, 1.807) is 0 Å². The fraction of sp³-hybridized carbons (Fsp3) is 0.412. The summed E-state index contributed by atoms with van der Waals surface area (Å²) in [5.41, 5.74) is 5.69. The van der Waals surface area contributed by atoms with Gasteiger partial charge in [0.25, 0.3) is 0 Å². The van der Waals surface area contributed by atoms with Gasteiger partial charge in [-0.15, -0.1) is 0 Å². The Balaban J connectivity index is 1.57. The van der Waals surface area contributed by atoms with E-state index < -0.39 is 36.4 Å². The molecule has 5 atom stereocenters. The third-order valence-electron chi connectivity index (χ3n) is 4.50. The minimum absolute atomic E-state index is 0.0383. The van der Waals surface area contributed by atoms with Crippen molar-refractivity contribution in [1.29, 1.82) is 0 Å². The predicted octanol–water partition coefficient (Wildman–Crippen LogP) is 1.22. The van der Waals surface area contributed by atoms with Gasteiger partial charge in [-0.2, -0.15) is 4.98 Å². The van der Waals surface area contributed by atoms with E-state index >= 15 is 4.39 Å². The van der Waals surface area contributed by atoms with Crippen molar-refractivity contribution in [3.05, 3.63) is 58.6 Å². The number of ether oxygens (including phenoxy) is 3. The molecule has 2 fully saturated rings. The third-order valence-corrected chi connectivity index (χ3v) is 4.50. The Hall–Kier alpha value is -2.29. The lowest BCUT2D eigenvalue weighted by atomic mass is 9.98. The highest BCUT2D eigenvalue weighted by Gasteiger charge is 2.47. The van der Waals surface area contributed by atoms with Gasteiger partial charge in [-0.05, 0) is 6.07 Å². The molecule has 1 aromatic heterocycles. The summed E-state index contributed by atoms with van der Waals surface area (Å²) in [5.74, 6) is 0.0951. The number of hydrogen-bond acceptors (Lipinski definition) is 6. The zero-order chi connectivity index (χ0) is 17.4. The Labute approximate surface area is 143 Å². The van der Waals surface area contributed by atoms with Crippen LogP contribution in [0.5, 0.6) is 0 Å². The van der Waals surface area contributed by atoms with E-state index in [4.69, 9.17) is 19.9 Å². The number of fused-ring (bicyclic) bond motifs is 1. The summed E-state index contributed by atoms with van der Waals surface area (Å²) in [5, 5.41) is 0. The van der Waals surface area contributed by atoms with Crippen molar-refractivity contribution >= 4 is 5.82 Å². The van der Waals surface area contributed by atoms with Gasteiger partial charge < -0.3 is 19.9 Å². The highest BCUT2D eigenvalue weighted by Crippen LogP contribution is 2.36. The molecule has 0 aliphatic carbocycles. The number of aromatic nitrogens is 2. The van der Waals surface area contributed by atoms with Crippen LogP contribution in [0.4, 0.5) is 10.2 Å². The molecule has 2 N–H and O–H groups in total. The van der Waals surface area contributed by atoms with Gasteiger partial charge in [0.2, 0.25) is 0 Å². The highest BCUT2D eigenvalue weighted by molar-refractivity contribution is 5.24.